The van der Waals surface area contributed by atoms with Gasteiger partial charge in [-0.05, 0) is 5.53 Å². The van der Waals surface area contributed by atoms with Gasteiger partial charge in [0.05, 0.1) is 5.70 Å². The summed E-state index contributed by atoms with van der Waals surface area (Å²) < 4.78 is 9.04. The summed E-state index contributed by atoms with van der Waals surface area (Å²) in [6.07, 6.45) is -0.936. The minimum absolute atomic E-state index is 0.0236. The third-order valence-corrected chi connectivity index (χ3v) is 1.17. The zero-order valence-electron chi connectivity index (χ0n) is 7.54. The normalized spacial score (nSPS) is 10.6. The van der Waals surface area contributed by atoms with Gasteiger partial charge in [0.1, 0.15) is 6.61 Å². The van der Waals surface area contributed by atoms with Crippen LogP contribution in [-0.2, 0) is 19.1 Å². The van der Waals surface area contributed by atoms with Crippen molar-refractivity contribution in [2.45, 2.75) is 13.0 Å². The van der Waals surface area contributed by atoms with Crippen LogP contribution in [0.25, 0.3) is 10.4 Å². The average Bonchev–Trinajstić information content (AvgIpc) is 2.12. The summed E-state index contributed by atoms with van der Waals surface area (Å²) in [5.41, 5.74) is 8.07. The number of carbonyl (C=O) groups excluding carboxylic acids is 2. The van der Waals surface area contributed by atoms with Crippen molar-refractivity contribution in [2.75, 3.05) is 6.61 Å². The number of ether oxygens (including phenoxy) is 2. The van der Waals surface area contributed by atoms with E-state index in [1.165, 1.54) is 6.92 Å². The highest BCUT2D eigenvalue weighted by atomic mass is 16.6. The van der Waals surface area contributed by atoms with Crippen molar-refractivity contribution in [1.29, 1.82) is 0 Å². The Hall–Kier alpha value is -2.01. The first-order valence-electron chi connectivity index (χ1n) is 3.58. The van der Waals surface area contributed by atoms with Crippen molar-refractivity contribution < 1.29 is 19.1 Å². The van der Waals surface area contributed by atoms with Crippen LogP contribution in [0.1, 0.15) is 6.92 Å². The molecule has 76 valence electrons. The van der Waals surface area contributed by atoms with E-state index in [4.69, 9.17) is 5.53 Å². The van der Waals surface area contributed by atoms with Crippen molar-refractivity contribution >= 4 is 12.4 Å². The molecule has 0 aromatic heterocycles. The van der Waals surface area contributed by atoms with E-state index < -0.39 is 12.1 Å². The van der Waals surface area contributed by atoms with E-state index in [-0.39, 0.29) is 18.8 Å². The molecule has 7 nitrogen and oxygen atoms in total. The molecule has 14 heavy (non-hydrogen) atoms. The molecule has 0 aliphatic rings. The topological polar surface area (TPSA) is 101 Å². The number of nitrogens with zero attached hydrogens (tertiary/aromatic N) is 3. The predicted molar refractivity (Wildman–Crippen MR) is 45.9 cm³/mol. The molecule has 1 atom stereocenters. The Morgan fingerprint density at radius 1 is 1.79 bits per heavy atom. The number of carbonyl (C=O) groups is 2. The molecule has 0 unspecified atom stereocenters. The molecule has 0 saturated heterocycles. The molecule has 0 rings (SSSR count). The smallest absolute Gasteiger partial charge is 0.303 e. The van der Waals surface area contributed by atoms with E-state index in [1.807, 2.05) is 0 Å². The first kappa shape index (κ1) is 12.0. The van der Waals surface area contributed by atoms with Crippen LogP contribution in [-0.4, -0.2) is 25.2 Å². The molecule has 7 heteroatoms. The standard InChI is InChI=1S/C7H9N3O4/c1-5(9-10-8)7(3-13-4-11)14-6(2)12/h4,7H,1,3H2,2H3/t7-/m0/s1. The van der Waals surface area contributed by atoms with Crippen LogP contribution in [0.15, 0.2) is 17.4 Å². The first-order chi connectivity index (χ1) is 6.61. The molecule has 0 aliphatic heterocycles. The summed E-state index contributed by atoms with van der Waals surface area (Å²) in [4.78, 5) is 22.9. The molecular formula is C7H9N3O4. The van der Waals surface area contributed by atoms with E-state index >= 15 is 0 Å². The Morgan fingerprint density at radius 3 is 2.86 bits per heavy atom. The lowest BCUT2D eigenvalue weighted by Gasteiger charge is -2.14. The van der Waals surface area contributed by atoms with E-state index in [1.54, 1.807) is 0 Å². The largest absolute Gasteiger partial charge is 0.464 e. The van der Waals surface area contributed by atoms with E-state index in [0.717, 1.165) is 0 Å². The molecule has 0 saturated carbocycles. The van der Waals surface area contributed by atoms with Gasteiger partial charge in [-0.2, -0.15) is 0 Å². The van der Waals surface area contributed by atoms with Gasteiger partial charge in [0.25, 0.3) is 6.47 Å². The number of azide groups is 1. The van der Waals surface area contributed by atoms with Gasteiger partial charge in [-0.25, -0.2) is 0 Å². The number of esters is 1. The Bertz CT molecular complexity index is 283. The summed E-state index contributed by atoms with van der Waals surface area (Å²) in [5, 5.41) is 3.14. The lowest BCUT2D eigenvalue weighted by molar-refractivity contribution is -0.150. The molecule has 0 aromatic carbocycles. The van der Waals surface area contributed by atoms with Crippen LogP contribution < -0.4 is 0 Å². The lowest BCUT2D eigenvalue weighted by Crippen LogP contribution is -2.23. The molecule has 0 aliphatic carbocycles. The van der Waals surface area contributed by atoms with Gasteiger partial charge in [-0.15, -0.1) is 0 Å². The SMILES string of the molecule is C=C(N=[N+]=[N-])[C@H](COC=O)OC(C)=O. The second kappa shape index (κ2) is 6.50. The highest BCUT2D eigenvalue weighted by Gasteiger charge is 2.15. The molecule has 0 spiro atoms. The Balaban J connectivity index is 4.36. The Kier molecular flexibility index (Phi) is 5.57. The minimum Gasteiger partial charge on any atom is -0.464 e. The van der Waals surface area contributed by atoms with Crippen molar-refractivity contribution in [3.63, 3.8) is 0 Å². The summed E-state index contributed by atoms with van der Waals surface area (Å²) in [6, 6.07) is 0. The molecule has 0 fully saturated rings. The lowest BCUT2D eigenvalue weighted by atomic mass is 10.3. The van der Waals surface area contributed by atoms with Crippen molar-refractivity contribution in [1.82, 2.24) is 0 Å². The van der Waals surface area contributed by atoms with Crippen LogP contribution in [0.2, 0.25) is 0 Å². The van der Waals surface area contributed by atoms with Crippen molar-refractivity contribution in [3.8, 4) is 0 Å². The fourth-order valence-corrected chi connectivity index (χ4v) is 0.647. The highest BCUT2D eigenvalue weighted by molar-refractivity contribution is 5.66. The highest BCUT2D eigenvalue weighted by Crippen LogP contribution is 2.07. The van der Waals surface area contributed by atoms with Gasteiger partial charge in [0, 0.05) is 11.8 Å². The molecule has 0 N–H and O–H groups in total. The van der Waals surface area contributed by atoms with Gasteiger partial charge in [0.15, 0.2) is 6.10 Å². The minimum atomic E-state index is -0.936. The van der Waals surface area contributed by atoms with Crippen molar-refractivity contribution in [2.24, 2.45) is 5.11 Å². The Labute approximate surface area is 79.9 Å². The third kappa shape index (κ3) is 4.78. The monoisotopic (exact) mass is 199 g/mol. The summed E-state index contributed by atoms with van der Waals surface area (Å²) in [6.45, 7) is 4.51. The average molecular weight is 199 g/mol. The molecule has 0 bridgehead atoms. The van der Waals surface area contributed by atoms with Gasteiger partial charge in [-0.3, -0.25) is 9.59 Å². The van der Waals surface area contributed by atoms with Crippen LogP contribution in [0.3, 0.4) is 0 Å². The predicted octanol–water partition coefficient (Wildman–Crippen LogP) is 0.915. The molecule has 0 aromatic rings. The van der Waals surface area contributed by atoms with Crippen LogP contribution in [0, 0.1) is 0 Å². The van der Waals surface area contributed by atoms with Gasteiger partial charge >= 0.3 is 5.97 Å². The Morgan fingerprint density at radius 2 is 2.43 bits per heavy atom. The molecule has 0 radical (unpaired) electrons. The first-order valence-corrected chi connectivity index (χ1v) is 3.58. The van der Waals surface area contributed by atoms with Crippen molar-refractivity contribution in [3.05, 3.63) is 22.7 Å². The maximum absolute atomic E-state index is 10.6. The number of rotatable bonds is 6. The van der Waals surface area contributed by atoms with Gasteiger partial charge in [0.2, 0.25) is 0 Å². The van der Waals surface area contributed by atoms with Crippen LogP contribution in [0.4, 0.5) is 0 Å². The van der Waals surface area contributed by atoms with E-state index in [9.17, 15) is 9.59 Å². The zero-order valence-corrected chi connectivity index (χ0v) is 7.54. The maximum Gasteiger partial charge on any atom is 0.303 e. The fourth-order valence-electron chi connectivity index (χ4n) is 0.647. The van der Waals surface area contributed by atoms with Gasteiger partial charge in [-0.1, -0.05) is 11.7 Å². The summed E-state index contributed by atoms with van der Waals surface area (Å²) in [5.74, 6) is -0.584. The maximum atomic E-state index is 10.6. The fraction of sp³-hybridized carbons (Fsp3) is 0.429. The van der Waals surface area contributed by atoms with Crippen LogP contribution >= 0.6 is 0 Å². The number of hydrogen-bond donors (Lipinski definition) is 0. The van der Waals surface area contributed by atoms with E-state index in [2.05, 4.69) is 26.1 Å². The second-order valence-electron chi connectivity index (χ2n) is 2.21. The molecule has 0 heterocycles. The summed E-state index contributed by atoms with van der Waals surface area (Å²) >= 11 is 0. The van der Waals surface area contributed by atoms with E-state index in [0.29, 0.717) is 0 Å². The molecular weight excluding hydrogens is 190 g/mol. The van der Waals surface area contributed by atoms with Gasteiger partial charge < -0.3 is 9.47 Å². The quantitative estimate of drug-likeness (QED) is 0.208. The number of hydrogen-bond acceptors (Lipinski definition) is 5. The zero-order chi connectivity index (χ0) is 11.0. The summed E-state index contributed by atoms with van der Waals surface area (Å²) in [7, 11) is 0. The molecule has 0 amide bonds. The third-order valence-electron chi connectivity index (χ3n) is 1.17. The van der Waals surface area contributed by atoms with Crippen LogP contribution in [0.5, 0.6) is 0 Å². The second-order valence-corrected chi connectivity index (χ2v) is 2.21.